The quantitative estimate of drug-likeness (QED) is 0.884. The van der Waals surface area contributed by atoms with Crippen LogP contribution in [0.25, 0.3) is 0 Å². The highest BCUT2D eigenvalue weighted by molar-refractivity contribution is 6.30. The molecule has 0 aliphatic heterocycles. The zero-order chi connectivity index (χ0) is 16.1. The van der Waals surface area contributed by atoms with Gasteiger partial charge in [-0.25, -0.2) is 0 Å². The van der Waals surface area contributed by atoms with Crippen molar-refractivity contribution in [3.05, 3.63) is 46.7 Å². The fourth-order valence-corrected chi connectivity index (χ4v) is 2.11. The minimum Gasteiger partial charge on any atom is -0.354 e. The lowest BCUT2D eigenvalue weighted by Crippen LogP contribution is -2.21. The number of anilines is 1. The fourth-order valence-electron chi connectivity index (χ4n) is 1.99. The molecule has 2 rings (SSSR count). The summed E-state index contributed by atoms with van der Waals surface area (Å²) in [5.74, 6) is -0.512. The van der Waals surface area contributed by atoms with Gasteiger partial charge in [0.25, 0.3) is 5.91 Å². The van der Waals surface area contributed by atoms with Gasteiger partial charge < -0.3 is 10.6 Å². The number of amides is 2. The third-order valence-corrected chi connectivity index (χ3v) is 3.35. The fraction of sp³-hybridized carbons (Fsp3) is 0.267. The van der Waals surface area contributed by atoms with Crippen molar-refractivity contribution < 1.29 is 9.59 Å². The summed E-state index contributed by atoms with van der Waals surface area (Å²) in [5.41, 5.74) is 1.63. The van der Waals surface area contributed by atoms with Crippen molar-refractivity contribution in [2.75, 3.05) is 12.4 Å². The van der Waals surface area contributed by atoms with Crippen molar-refractivity contribution >= 4 is 29.1 Å². The highest BCUT2D eigenvalue weighted by atomic mass is 35.5. The predicted molar refractivity (Wildman–Crippen MR) is 85.0 cm³/mol. The van der Waals surface area contributed by atoms with Crippen molar-refractivity contribution in [3.63, 3.8) is 0 Å². The van der Waals surface area contributed by atoms with Gasteiger partial charge in [-0.1, -0.05) is 23.7 Å². The van der Waals surface area contributed by atoms with E-state index in [-0.39, 0.29) is 17.5 Å². The maximum absolute atomic E-state index is 12.0. The summed E-state index contributed by atoms with van der Waals surface area (Å²) in [7, 11) is 3.21. The van der Waals surface area contributed by atoms with E-state index < -0.39 is 0 Å². The number of nitrogens with zero attached hydrogens (tertiary/aromatic N) is 2. The van der Waals surface area contributed by atoms with Gasteiger partial charge in [0, 0.05) is 31.7 Å². The molecule has 0 aliphatic rings. The average Bonchev–Trinajstić information content (AvgIpc) is 2.86. The molecule has 0 bridgehead atoms. The monoisotopic (exact) mass is 320 g/mol. The average molecular weight is 321 g/mol. The largest absolute Gasteiger partial charge is 0.354 e. The van der Waals surface area contributed by atoms with Crippen LogP contribution < -0.4 is 10.6 Å². The number of benzene rings is 1. The van der Waals surface area contributed by atoms with Crippen molar-refractivity contribution in [1.82, 2.24) is 15.1 Å². The molecular weight excluding hydrogens is 304 g/mol. The molecule has 0 saturated carbocycles. The number of carbonyl (C=O) groups is 2. The second kappa shape index (κ2) is 7.09. The van der Waals surface area contributed by atoms with E-state index in [0.717, 1.165) is 5.56 Å². The minimum absolute atomic E-state index is 0.173. The first-order valence-corrected chi connectivity index (χ1v) is 7.17. The maximum atomic E-state index is 12.0. The molecule has 116 valence electrons. The van der Waals surface area contributed by atoms with Crippen molar-refractivity contribution in [3.8, 4) is 0 Å². The van der Waals surface area contributed by atoms with E-state index in [1.54, 1.807) is 25.4 Å². The first kappa shape index (κ1) is 16.0. The van der Waals surface area contributed by atoms with Crippen molar-refractivity contribution in [2.24, 2.45) is 7.05 Å². The summed E-state index contributed by atoms with van der Waals surface area (Å²) < 4.78 is 1.49. The zero-order valence-corrected chi connectivity index (χ0v) is 13.1. The molecule has 0 unspecified atom stereocenters. The van der Waals surface area contributed by atoms with Gasteiger partial charge in [-0.3, -0.25) is 14.3 Å². The summed E-state index contributed by atoms with van der Waals surface area (Å²) in [6.07, 6.45) is 2.51. The van der Waals surface area contributed by atoms with Gasteiger partial charge in [-0.2, -0.15) is 5.10 Å². The summed E-state index contributed by atoms with van der Waals surface area (Å²) >= 11 is 5.82. The molecule has 0 aliphatic carbocycles. The van der Waals surface area contributed by atoms with E-state index in [1.165, 1.54) is 11.7 Å². The molecule has 0 atom stereocenters. The van der Waals surface area contributed by atoms with Crippen LogP contribution in [0.1, 0.15) is 22.5 Å². The Hall–Kier alpha value is -2.34. The number of aromatic nitrogens is 2. The second-order valence-electron chi connectivity index (χ2n) is 4.82. The lowest BCUT2D eigenvalue weighted by Gasteiger charge is -2.05. The Bertz CT molecular complexity index is 679. The molecule has 0 fully saturated rings. The van der Waals surface area contributed by atoms with Gasteiger partial charge in [-0.15, -0.1) is 0 Å². The van der Waals surface area contributed by atoms with E-state index in [9.17, 15) is 9.59 Å². The Balaban J connectivity index is 1.97. The Morgan fingerprint density at radius 3 is 2.59 bits per heavy atom. The molecule has 0 spiro atoms. The number of hydrogen-bond acceptors (Lipinski definition) is 3. The number of aryl methyl sites for hydroxylation is 2. The number of hydrogen-bond donors (Lipinski definition) is 2. The standard InChI is InChI=1S/C15H17ClN4O2/c1-17-15(22)14-12(9-20(2)19-14)18-13(21)8-5-10-3-6-11(16)7-4-10/h3-4,6-7,9H,5,8H2,1-2H3,(H,17,22)(H,18,21). The normalized spacial score (nSPS) is 10.3. The first-order chi connectivity index (χ1) is 10.5. The number of carbonyl (C=O) groups excluding carboxylic acids is 2. The van der Waals surface area contributed by atoms with Crippen LogP contribution in [0.3, 0.4) is 0 Å². The van der Waals surface area contributed by atoms with Crippen LogP contribution in [0.5, 0.6) is 0 Å². The van der Waals surface area contributed by atoms with Gasteiger partial charge in [-0.05, 0) is 24.1 Å². The molecule has 2 amide bonds. The number of nitrogens with one attached hydrogen (secondary N) is 2. The molecule has 1 aromatic carbocycles. The van der Waals surface area contributed by atoms with Crippen LogP contribution in [0.2, 0.25) is 5.02 Å². The van der Waals surface area contributed by atoms with E-state index in [2.05, 4.69) is 15.7 Å². The van der Waals surface area contributed by atoms with Gasteiger partial charge >= 0.3 is 0 Å². The number of halogens is 1. The molecule has 1 aromatic heterocycles. The van der Waals surface area contributed by atoms with Crippen LogP contribution in [0.15, 0.2) is 30.5 Å². The summed E-state index contributed by atoms with van der Waals surface area (Å²) in [6.45, 7) is 0. The highest BCUT2D eigenvalue weighted by Gasteiger charge is 2.16. The van der Waals surface area contributed by atoms with Crippen LogP contribution >= 0.6 is 11.6 Å². The topological polar surface area (TPSA) is 76.0 Å². The van der Waals surface area contributed by atoms with Crippen LogP contribution in [-0.2, 0) is 18.3 Å². The van der Waals surface area contributed by atoms with E-state index in [1.807, 2.05) is 12.1 Å². The molecule has 22 heavy (non-hydrogen) atoms. The first-order valence-electron chi connectivity index (χ1n) is 6.79. The SMILES string of the molecule is CNC(=O)c1nn(C)cc1NC(=O)CCc1ccc(Cl)cc1. The van der Waals surface area contributed by atoms with Crippen LogP contribution in [0, 0.1) is 0 Å². The van der Waals surface area contributed by atoms with Crippen LogP contribution in [-0.4, -0.2) is 28.6 Å². The van der Waals surface area contributed by atoms with Crippen molar-refractivity contribution in [1.29, 1.82) is 0 Å². The Labute approximate surface area is 133 Å². The molecule has 2 N–H and O–H groups in total. The van der Waals surface area contributed by atoms with Gasteiger partial charge in [0.1, 0.15) is 0 Å². The Morgan fingerprint density at radius 1 is 1.27 bits per heavy atom. The van der Waals surface area contributed by atoms with Crippen LogP contribution in [0.4, 0.5) is 5.69 Å². The van der Waals surface area contributed by atoms with Gasteiger partial charge in [0.15, 0.2) is 5.69 Å². The van der Waals surface area contributed by atoms with Gasteiger partial charge in [0.05, 0.1) is 5.69 Å². The Morgan fingerprint density at radius 2 is 1.95 bits per heavy atom. The Kier molecular flexibility index (Phi) is 5.16. The van der Waals surface area contributed by atoms with Gasteiger partial charge in [0.2, 0.25) is 5.91 Å². The third-order valence-electron chi connectivity index (χ3n) is 3.10. The summed E-state index contributed by atoms with van der Waals surface area (Å²) in [6, 6.07) is 7.35. The second-order valence-corrected chi connectivity index (χ2v) is 5.26. The molecule has 0 saturated heterocycles. The lowest BCUT2D eigenvalue weighted by atomic mass is 10.1. The molecule has 0 radical (unpaired) electrons. The maximum Gasteiger partial charge on any atom is 0.273 e. The summed E-state index contributed by atoms with van der Waals surface area (Å²) in [5, 5.41) is 9.92. The highest BCUT2D eigenvalue weighted by Crippen LogP contribution is 2.15. The predicted octanol–water partition coefficient (Wildman–Crippen LogP) is 2.00. The van der Waals surface area contributed by atoms with E-state index >= 15 is 0 Å². The molecule has 2 aromatic rings. The molecule has 1 heterocycles. The molecular formula is C15H17ClN4O2. The summed E-state index contributed by atoms with van der Waals surface area (Å²) in [4.78, 5) is 23.7. The van der Waals surface area contributed by atoms with E-state index in [4.69, 9.17) is 11.6 Å². The molecule has 6 nitrogen and oxygen atoms in total. The minimum atomic E-state index is -0.339. The van der Waals surface area contributed by atoms with E-state index in [0.29, 0.717) is 23.6 Å². The number of rotatable bonds is 5. The molecule has 7 heteroatoms. The zero-order valence-electron chi connectivity index (χ0n) is 12.4. The lowest BCUT2D eigenvalue weighted by molar-refractivity contribution is -0.116. The third kappa shape index (κ3) is 4.08. The smallest absolute Gasteiger partial charge is 0.273 e. The van der Waals surface area contributed by atoms with Crippen molar-refractivity contribution in [2.45, 2.75) is 12.8 Å².